The standard InChI is InChI=1S/C27H33F2N3O5.ClH/c1-14(2)22(30)21(33)9-8-19(28)15-5-4-10-31(12-15)24-20(29)11-17-23(26(24)37-3)32(16-6-7-16)13-18(25(17)34)27(35)36;/h11,13-14,16,22H,4-10,12,30H2,1-3H3,(H,35,36);1H/b19-15+;/t22-;/m0./s1. The number of Topliss-reactive ketones (excluding diaryl/α,β-unsaturated/α-hetero) is 1. The van der Waals surface area contributed by atoms with Gasteiger partial charge in [-0.25, -0.2) is 13.6 Å². The predicted octanol–water partition coefficient (Wildman–Crippen LogP) is 4.76. The van der Waals surface area contributed by atoms with Gasteiger partial charge in [-0.1, -0.05) is 13.8 Å². The molecule has 2 aliphatic rings. The minimum atomic E-state index is -1.38. The normalized spacial score (nSPS) is 17.8. The number of benzene rings is 1. The van der Waals surface area contributed by atoms with Gasteiger partial charge in [0.05, 0.1) is 24.1 Å². The molecule has 2 aromatic rings. The van der Waals surface area contributed by atoms with Crippen LogP contribution in [-0.4, -0.2) is 47.7 Å². The summed E-state index contributed by atoms with van der Waals surface area (Å²) >= 11 is 0. The lowest BCUT2D eigenvalue weighted by atomic mass is 9.96. The fourth-order valence-electron chi connectivity index (χ4n) is 4.96. The van der Waals surface area contributed by atoms with Crippen molar-refractivity contribution in [3.8, 4) is 5.75 Å². The first-order valence-corrected chi connectivity index (χ1v) is 12.6. The van der Waals surface area contributed by atoms with E-state index in [9.17, 15) is 19.5 Å². The van der Waals surface area contributed by atoms with Crippen molar-refractivity contribution >= 4 is 40.7 Å². The molecule has 4 rings (SSSR count). The third-order valence-electron chi connectivity index (χ3n) is 7.24. The van der Waals surface area contributed by atoms with Crippen LogP contribution in [-0.2, 0) is 4.79 Å². The van der Waals surface area contributed by atoms with Crippen LogP contribution in [0.4, 0.5) is 14.5 Å². The Bertz CT molecular complexity index is 1340. The smallest absolute Gasteiger partial charge is 0.341 e. The molecule has 1 aliphatic carbocycles. The Kier molecular flexibility index (Phi) is 9.20. The number of halogens is 3. The quantitative estimate of drug-likeness (QED) is 0.460. The van der Waals surface area contributed by atoms with Gasteiger partial charge in [0, 0.05) is 38.2 Å². The zero-order valence-electron chi connectivity index (χ0n) is 21.8. The summed E-state index contributed by atoms with van der Waals surface area (Å²) in [7, 11) is 1.37. The van der Waals surface area contributed by atoms with Crippen molar-refractivity contribution in [3.05, 3.63) is 45.3 Å². The monoisotopic (exact) mass is 553 g/mol. The van der Waals surface area contributed by atoms with Gasteiger partial charge in [0.2, 0.25) is 5.43 Å². The molecule has 0 bridgehead atoms. The van der Waals surface area contributed by atoms with Crippen LogP contribution in [0.15, 0.2) is 28.5 Å². The van der Waals surface area contributed by atoms with Crippen LogP contribution in [0.2, 0.25) is 0 Å². The van der Waals surface area contributed by atoms with Crippen molar-refractivity contribution in [1.82, 2.24) is 4.57 Å². The molecule has 1 saturated heterocycles. The van der Waals surface area contributed by atoms with Gasteiger partial charge >= 0.3 is 5.97 Å². The van der Waals surface area contributed by atoms with Gasteiger partial charge in [0.1, 0.15) is 22.9 Å². The van der Waals surface area contributed by atoms with Gasteiger partial charge in [-0.3, -0.25) is 9.59 Å². The molecule has 3 N–H and O–H groups in total. The molecule has 0 unspecified atom stereocenters. The summed E-state index contributed by atoms with van der Waals surface area (Å²) in [5.41, 5.74) is 5.60. The van der Waals surface area contributed by atoms with E-state index in [1.165, 1.54) is 13.3 Å². The van der Waals surface area contributed by atoms with Crippen molar-refractivity contribution in [3.63, 3.8) is 0 Å². The minimum absolute atomic E-state index is 0. The van der Waals surface area contributed by atoms with Crippen LogP contribution in [0.25, 0.3) is 10.9 Å². The number of aromatic carboxylic acids is 1. The molecule has 1 saturated carbocycles. The third-order valence-corrected chi connectivity index (χ3v) is 7.24. The maximum absolute atomic E-state index is 15.6. The number of allylic oxidation sites excluding steroid dienone is 1. The van der Waals surface area contributed by atoms with Gasteiger partial charge in [-0.15, -0.1) is 12.4 Å². The first kappa shape index (κ1) is 29.6. The zero-order valence-corrected chi connectivity index (χ0v) is 22.6. The molecule has 0 amide bonds. The number of aromatic nitrogens is 1. The van der Waals surface area contributed by atoms with E-state index in [0.717, 1.165) is 18.9 Å². The highest BCUT2D eigenvalue weighted by molar-refractivity contribution is 5.97. The van der Waals surface area contributed by atoms with Gasteiger partial charge in [0.25, 0.3) is 0 Å². The van der Waals surface area contributed by atoms with Gasteiger partial charge in [0.15, 0.2) is 11.6 Å². The Hall–Kier alpha value is -2.98. The molecule has 208 valence electrons. The number of nitrogens with two attached hydrogens (primary N) is 1. The van der Waals surface area contributed by atoms with Gasteiger partial charge < -0.3 is 25.0 Å². The molecule has 2 heterocycles. The lowest BCUT2D eigenvalue weighted by molar-refractivity contribution is -0.121. The van der Waals surface area contributed by atoms with Crippen LogP contribution in [0, 0.1) is 11.7 Å². The molecule has 0 radical (unpaired) electrons. The predicted molar refractivity (Wildman–Crippen MR) is 144 cm³/mol. The number of hydrogen-bond donors (Lipinski definition) is 2. The number of carbonyl (C=O) groups is 2. The fourth-order valence-corrected chi connectivity index (χ4v) is 4.96. The highest BCUT2D eigenvalue weighted by atomic mass is 35.5. The number of rotatable bonds is 9. The number of methoxy groups -OCH3 is 1. The van der Waals surface area contributed by atoms with Crippen LogP contribution >= 0.6 is 12.4 Å². The average Bonchev–Trinajstić information content (AvgIpc) is 3.71. The number of ketones is 1. The maximum atomic E-state index is 15.6. The summed E-state index contributed by atoms with van der Waals surface area (Å²) in [6, 6.07) is 0.404. The molecule has 1 aliphatic heterocycles. The molecular weight excluding hydrogens is 520 g/mol. The highest BCUT2D eigenvalue weighted by Crippen LogP contribution is 2.44. The van der Waals surface area contributed by atoms with Crippen LogP contribution in [0.3, 0.4) is 0 Å². The van der Waals surface area contributed by atoms with Gasteiger partial charge in [-0.2, -0.15) is 0 Å². The van der Waals surface area contributed by atoms with Crippen molar-refractivity contribution < 1.29 is 28.2 Å². The van der Waals surface area contributed by atoms with Crippen LogP contribution in [0.5, 0.6) is 5.75 Å². The van der Waals surface area contributed by atoms with E-state index in [4.69, 9.17) is 10.5 Å². The number of carbonyl (C=O) groups excluding carboxylic acids is 1. The number of hydrogen-bond acceptors (Lipinski definition) is 6. The van der Waals surface area contributed by atoms with Crippen molar-refractivity contribution in [2.24, 2.45) is 11.7 Å². The van der Waals surface area contributed by atoms with E-state index in [2.05, 4.69) is 0 Å². The summed E-state index contributed by atoms with van der Waals surface area (Å²) in [6.07, 6.45) is 3.90. The lowest BCUT2D eigenvalue weighted by Crippen LogP contribution is -2.35. The zero-order chi connectivity index (χ0) is 27.0. The second kappa shape index (κ2) is 11.8. The number of carboxylic acids is 1. The van der Waals surface area contributed by atoms with Gasteiger partial charge in [-0.05, 0) is 43.2 Å². The van der Waals surface area contributed by atoms with E-state index in [0.29, 0.717) is 30.5 Å². The molecule has 0 spiro atoms. The number of piperidine rings is 1. The molecule has 11 heteroatoms. The molecule has 2 fully saturated rings. The Labute approximate surface area is 225 Å². The summed E-state index contributed by atoms with van der Waals surface area (Å²) in [5.74, 6) is -2.62. The Balaban J connectivity index is 0.00000400. The highest BCUT2D eigenvalue weighted by Gasteiger charge is 2.32. The maximum Gasteiger partial charge on any atom is 0.341 e. The number of ether oxygens (including phenoxy) is 1. The van der Waals surface area contributed by atoms with E-state index in [1.54, 1.807) is 9.47 Å². The SMILES string of the molecule is COc1c(N2CCC/C(=C(\F)CCC(=O)[C@@H](N)C(C)C)C2)c(F)cc2c(=O)c(C(=O)O)cn(C3CC3)c12.Cl. The van der Waals surface area contributed by atoms with Crippen molar-refractivity contribution in [2.45, 2.75) is 64.5 Å². The average molecular weight is 554 g/mol. The molecule has 38 heavy (non-hydrogen) atoms. The molecule has 8 nitrogen and oxygen atoms in total. The molecule has 1 atom stereocenters. The first-order chi connectivity index (χ1) is 17.5. The third kappa shape index (κ3) is 5.71. The van der Waals surface area contributed by atoms with Crippen molar-refractivity contribution in [1.29, 1.82) is 0 Å². The van der Waals surface area contributed by atoms with E-state index < -0.39 is 34.6 Å². The van der Waals surface area contributed by atoms with E-state index in [-0.39, 0.29) is 66.4 Å². The van der Waals surface area contributed by atoms with Crippen molar-refractivity contribution in [2.75, 3.05) is 25.1 Å². The first-order valence-electron chi connectivity index (χ1n) is 12.6. The lowest BCUT2D eigenvalue weighted by Gasteiger charge is -2.33. The Morgan fingerprint density at radius 3 is 2.53 bits per heavy atom. The number of pyridine rings is 1. The topological polar surface area (TPSA) is 115 Å². The second-order valence-corrected chi connectivity index (χ2v) is 10.2. The fraction of sp³-hybridized carbons (Fsp3) is 0.519. The number of nitrogens with zero attached hydrogens (tertiary/aromatic N) is 2. The number of anilines is 1. The van der Waals surface area contributed by atoms with Crippen LogP contribution in [0.1, 0.15) is 68.8 Å². The Morgan fingerprint density at radius 2 is 1.95 bits per heavy atom. The van der Waals surface area contributed by atoms with Crippen LogP contribution < -0.4 is 20.8 Å². The number of carboxylic acid groups (broad SMARTS) is 1. The summed E-state index contributed by atoms with van der Waals surface area (Å²) in [5, 5.41) is 9.44. The Morgan fingerprint density at radius 1 is 1.26 bits per heavy atom. The molecule has 1 aromatic heterocycles. The number of fused-ring (bicyclic) bond motifs is 1. The minimum Gasteiger partial charge on any atom is -0.492 e. The molecular formula is C27H34ClF2N3O5. The second-order valence-electron chi connectivity index (χ2n) is 10.2. The van der Waals surface area contributed by atoms with E-state index in [1.807, 2.05) is 13.8 Å². The summed E-state index contributed by atoms with van der Waals surface area (Å²) in [6.45, 7) is 4.23. The summed E-state index contributed by atoms with van der Waals surface area (Å²) in [4.78, 5) is 38.5. The molecule has 1 aromatic carbocycles. The summed E-state index contributed by atoms with van der Waals surface area (Å²) < 4.78 is 38.0. The largest absolute Gasteiger partial charge is 0.492 e. The van der Waals surface area contributed by atoms with E-state index >= 15 is 8.78 Å².